The molecule has 0 atom stereocenters. The van der Waals surface area contributed by atoms with Crippen LogP contribution >= 0.6 is 0 Å². The molecule has 0 saturated heterocycles. The highest BCUT2D eigenvalue weighted by Crippen LogP contribution is 2.23. The van der Waals surface area contributed by atoms with Crippen LogP contribution in [0.25, 0.3) is 0 Å². The van der Waals surface area contributed by atoms with E-state index in [-0.39, 0.29) is 23.3 Å². The minimum Gasteiger partial charge on any atom is -0.462 e. The fourth-order valence-electron chi connectivity index (χ4n) is 2.79. The predicted octanol–water partition coefficient (Wildman–Crippen LogP) is 4.60. The van der Waals surface area contributed by atoms with Gasteiger partial charge in [-0.2, -0.15) is 0 Å². The minimum atomic E-state index is -0.854. The Morgan fingerprint density at radius 1 is 0.839 bits per heavy atom. The van der Waals surface area contributed by atoms with Gasteiger partial charge in [-0.3, -0.25) is 20.2 Å². The molecule has 2 aromatic carbocycles. The summed E-state index contributed by atoms with van der Waals surface area (Å²) < 4.78 is 10.4. The van der Waals surface area contributed by atoms with Crippen molar-refractivity contribution in [3.8, 4) is 0 Å². The van der Waals surface area contributed by atoms with E-state index >= 15 is 0 Å². The smallest absolute Gasteiger partial charge is 0.339 e. The monoisotopic (exact) mass is 430 g/mol. The van der Waals surface area contributed by atoms with Crippen molar-refractivity contribution in [2.24, 2.45) is 0 Å². The van der Waals surface area contributed by atoms with Gasteiger partial charge in [0.25, 0.3) is 11.4 Å². The molecule has 0 amide bonds. The van der Waals surface area contributed by atoms with Gasteiger partial charge in [-0.05, 0) is 18.6 Å². The number of carbonyl (C=O) groups is 2. The molecule has 0 unspecified atom stereocenters. The third kappa shape index (κ3) is 6.88. The third-order valence-electron chi connectivity index (χ3n) is 4.35. The van der Waals surface area contributed by atoms with E-state index in [2.05, 4.69) is 6.92 Å². The first-order valence-electron chi connectivity index (χ1n) is 9.69. The summed E-state index contributed by atoms with van der Waals surface area (Å²) in [5.41, 5.74) is -0.904. The lowest BCUT2D eigenvalue weighted by atomic mass is 10.1. The Hall–Kier alpha value is -3.82. The van der Waals surface area contributed by atoms with Crippen molar-refractivity contribution in [2.75, 3.05) is 6.61 Å². The first-order valence-corrected chi connectivity index (χ1v) is 9.69. The molecule has 0 fully saturated rings. The number of carbonyl (C=O) groups excluding carboxylic acids is 2. The normalized spacial score (nSPS) is 10.4. The lowest BCUT2D eigenvalue weighted by Crippen LogP contribution is -2.14. The Morgan fingerprint density at radius 3 is 1.90 bits per heavy atom. The molecule has 2 rings (SSSR count). The zero-order chi connectivity index (χ0) is 22.8. The SMILES string of the molecule is CCCCCCOC(=O)c1ccccc1C(=O)OCc1cc([N+](=O)[O-])cc([N+](=O)[O-])c1. The number of esters is 2. The second-order valence-electron chi connectivity index (χ2n) is 6.69. The number of hydrogen-bond donors (Lipinski definition) is 0. The van der Waals surface area contributed by atoms with Crippen molar-refractivity contribution >= 4 is 23.3 Å². The number of nitro benzene ring substituents is 2. The van der Waals surface area contributed by atoms with Crippen LogP contribution in [0.3, 0.4) is 0 Å². The van der Waals surface area contributed by atoms with Crippen LogP contribution in [-0.2, 0) is 16.1 Å². The molecule has 2 aromatic rings. The van der Waals surface area contributed by atoms with Crippen LogP contribution in [0.4, 0.5) is 11.4 Å². The van der Waals surface area contributed by atoms with Gasteiger partial charge in [0.05, 0.1) is 33.6 Å². The van der Waals surface area contributed by atoms with Gasteiger partial charge in [-0.25, -0.2) is 9.59 Å². The van der Waals surface area contributed by atoms with Crippen molar-refractivity contribution in [1.82, 2.24) is 0 Å². The molecule has 0 aliphatic rings. The molecule has 0 radical (unpaired) electrons. The average molecular weight is 430 g/mol. The molecule has 0 aliphatic carbocycles. The lowest BCUT2D eigenvalue weighted by Gasteiger charge is -2.10. The summed E-state index contributed by atoms with van der Waals surface area (Å²) in [7, 11) is 0. The Balaban J connectivity index is 2.09. The van der Waals surface area contributed by atoms with Crippen molar-refractivity contribution in [2.45, 2.75) is 39.2 Å². The zero-order valence-electron chi connectivity index (χ0n) is 16.9. The summed E-state index contributed by atoms with van der Waals surface area (Å²) in [6.45, 7) is 1.86. The van der Waals surface area contributed by atoms with Crippen LogP contribution in [0, 0.1) is 20.2 Å². The number of hydrogen-bond acceptors (Lipinski definition) is 8. The quantitative estimate of drug-likeness (QED) is 0.218. The first kappa shape index (κ1) is 23.5. The second-order valence-corrected chi connectivity index (χ2v) is 6.69. The van der Waals surface area contributed by atoms with Gasteiger partial charge >= 0.3 is 11.9 Å². The number of nitrogens with zero attached hydrogens (tertiary/aromatic N) is 2. The lowest BCUT2D eigenvalue weighted by molar-refractivity contribution is -0.394. The molecular formula is C21H22N2O8. The molecule has 0 saturated carbocycles. The van der Waals surface area contributed by atoms with Crippen LogP contribution < -0.4 is 0 Å². The molecule has 0 bridgehead atoms. The zero-order valence-corrected chi connectivity index (χ0v) is 16.9. The van der Waals surface area contributed by atoms with E-state index in [0.29, 0.717) is 0 Å². The summed E-state index contributed by atoms with van der Waals surface area (Å²) in [5.74, 6) is -1.51. The van der Waals surface area contributed by atoms with Gasteiger partial charge in [0.15, 0.2) is 0 Å². The maximum absolute atomic E-state index is 12.5. The second kappa shape index (κ2) is 11.4. The fourth-order valence-corrected chi connectivity index (χ4v) is 2.79. The molecule has 0 aromatic heterocycles. The summed E-state index contributed by atoms with van der Waals surface area (Å²) in [4.78, 5) is 45.2. The van der Waals surface area contributed by atoms with Crippen LogP contribution in [-0.4, -0.2) is 28.4 Å². The van der Waals surface area contributed by atoms with Crippen molar-refractivity contribution in [3.05, 3.63) is 79.4 Å². The molecular weight excluding hydrogens is 408 g/mol. The minimum absolute atomic E-state index is 0.0269. The number of unbranched alkanes of at least 4 members (excludes halogenated alkanes) is 3. The first-order chi connectivity index (χ1) is 14.8. The Labute approximate surface area is 178 Å². The third-order valence-corrected chi connectivity index (χ3v) is 4.35. The molecule has 0 N–H and O–H groups in total. The Kier molecular flexibility index (Phi) is 8.62. The van der Waals surface area contributed by atoms with E-state index in [9.17, 15) is 29.8 Å². The average Bonchev–Trinajstić information content (AvgIpc) is 2.76. The van der Waals surface area contributed by atoms with E-state index in [1.54, 1.807) is 12.1 Å². The fraction of sp³-hybridized carbons (Fsp3) is 0.333. The van der Waals surface area contributed by atoms with Crippen LogP contribution in [0.5, 0.6) is 0 Å². The summed E-state index contributed by atoms with van der Waals surface area (Å²) in [6.07, 6.45) is 3.74. The number of non-ortho nitro benzene ring substituents is 2. The van der Waals surface area contributed by atoms with Gasteiger partial charge in [-0.15, -0.1) is 0 Å². The molecule has 10 heteroatoms. The molecule has 10 nitrogen and oxygen atoms in total. The number of rotatable bonds is 11. The molecule has 0 spiro atoms. The highest BCUT2D eigenvalue weighted by molar-refractivity contribution is 6.03. The molecule has 0 aliphatic heterocycles. The van der Waals surface area contributed by atoms with Crippen LogP contribution in [0.2, 0.25) is 0 Å². The maximum Gasteiger partial charge on any atom is 0.339 e. The maximum atomic E-state index is 12.5. The molecule has 164 valence electrons. The van der Waals surface area contributed by atoms with Crippen molar-refractivity contribution < 1.29 is 28.9 Å². The standard InChI is InChI=1S/C21H22N2O8/c1-2-3-4-7-10-30-20(24)18-8-5-6-9-19(18)21(25)31-14-15-11-16(22(26)27)13-17(12-15)23(28)29/h5-6,8-9,11-13H,2-4,7,10,14H2,1H3. The Morgan fingerprint density at radius 2 is 1.39 bits per heavy atom. The predicted molar refractivity (Wildman–Crippen MR) is 110 cm³/mol. The van der Waals surface area contributed by atoms with E-state index < -0.39 is 39.8 Å². The van der Waals surface area contributed by atoms with Crippen molar-refractivity contribution in [3.63, 3.8) is 0 Å². The van der Waals surface area contributed by atoms with Crippen LogP contribution in [0.15, 0.2) is 42.5 Å². The van der Waals surface area contributed by atoms with E-state index in [1.807, 2.05) is 0 Å². The highest BCUT2D eigenvalue weighted by Gasteiger charge is 2.21. The number of nitro groups is 2. The number of ether oxygens (including phenoxy) is 2. The van der Waals surface area contributed by atoms with Gasteiger partial charge in [-0.1, -0.05) is 38.3 Å². The number of benzene rings is 2. The van der Waals surface area contributed by atoms with Crippen molar-refractivity contribution in [1.29, 1.82) is 0 Å². The molecule has 31 heavy (non-hydrogen) atoms. The summed E-state index contributed by atoms with van der Waals surface area (Å²) in [5, 5.41) is 22.0. The highest BCUT2D eigenvalue weighted by atomic mass is 16.6. The largest absolute Gasteiger partial charge is 0.462 e. The van der Waals surface area contributed by atoms with Crippen LogP contribution in [0.1, 0.15) is 58.9 Å². The summed E-state index contributed by atoms with van der Waals surface area (Å²) in [6, 6.07) is 8.93. The Bertz CT molecular complexity index is 941. The van der Waals surface area contributed by atoms with E-state index in [4.69, 9.17) is 9.47 Å². The van der Waals surface area contributed by atoms with Gasteiger partial charge in [0, 0.05) is 17.7 Å². The topological polar surface area (TPSA) is 139 Å². The molecule has 0 heterocycles. The summed E-state index contributed by atoms with van der Waals surface area (Å²) >= 11 is 0. The van der Waals surface area contributed by atoms with E-state index in [0.717, 1.165) is 43.9 Å². The van der Waals surface area contributed by atoms with Gasteiger partial charge in [0.2, 0.25) is 0 Å². The van der Waals surface area contributed by atoms with E-state index in [1.165, 1.54) is 12.1 Å². The van der Waals surface area contributed by atoms with Gasteiger partial charge < -0.3 is 9.47 Å². The van der Waals surface area contributed by atoms with Gasteiger partial charge in [0.1, 0.15) is 6.61 Å².